The van der Waals surface area contributed by atoms with Crippen LogP contribution in [0.25, 0.3) is 0 Å². The first-order valence-electron chi connectivity index (χ1n) is 8.14. The molecule has 1 aliphatic heterocycles. The topological polar surface area (TPSA) is 24.7 Å². The zero-order chi connectivity index (χ0) is 16.1. The Morgan fingerprint density at radius 1 is 0.870 bits per heavy atom. The van der Waals surface area contributed by atoms with Gasteiger partial charge in [-0.3, -0.25) is 0 Å². The number of rotatable bonds is 6. The van der Waals surface area contributed by atoms with E-state index in [0.29, 0.717) is 13.2 Å². The predicted molar refractivity (Wildman–Crippen MR) is 93.4 cm³/mol. The number of ether oxygens (including phenoxy) is 2. The second-order valence-corrected chi connectivity index (χ2v) is 5.36. The third-order valence-corrected chi connectivity index (χ3v) is 3.82. The van der Waals surface area contributed by atoms with Gasteiger partial charge < -0.3 is 9.47 Å². The molecule has 1 aliphatic rings. The van der Waals surface area contributed by atoms with Crippen LogP contribution in [0.1, 0.15) is 13.8 Å². The highest BCUT2D eigenvalue weighted by molar-refractivity contribution is 5.78. The highest BCUT2D eigenvalue weighted by Gasteiger charge is 2.22. The molecule has 3 rings (SSSR count). The van der Waals surface area contributed by atoms with E-state index in [9.17, 15) is 0 Å². The van der Waals surface area contributed by atoms with Crippen LogP contribution in [-0.4, -0.2) is 37.2 Å². The third kappa shape index (κ3) is 3.65. The first-order chi connectivity index (χ1) is 11.3. The normalized spacial score (nSPS) is 13.8. The Bertz CT molecular complexity index is 663. The summed E-state index contributed by atoms with van der Waals surface area (Å²) in [6, 6.07) is 16.5. The van der Waals surface area contributed by atoms with Crippen LogP contribution < -0.4 is 14.4 Å². The first kappa shape index (κ1) is 15.4. The summed E-state index contributed by atoms with van der Waals surface area (Å²) < 4.78 is 13.2. The summed E-state index contributed by atoms with van der Waals surface area (Å²) in [5, 5.41) is 0. The van der Waals surface area contributed by atoms with Crippen LogP contribution in [0.2, 0.25) is 0 Å². The lowest BCUT2D eigenvalue weighted by Crippen LogP contribution is -2.17. The zero-order valence-electron chi connectivity index (χ0n) is 13.7. The molecule has 0 radical (unpaired) electrons. The van der Waals surface area contributed by atoms with Gasteiger partial charge in [-0.05, 0) is 62.4 Å². The standard InChI is InChI=1S/C19H23N2O2/c1-3-22-18-9-5-16(6-10-18)20-13-14-21(15-20)17-7-11-19(12-8-17)23-4-2/h5-12,15H,3-4,13-14H2,1-2H3/q+1. The van der Waals surface area contributed by atoms with Gasteiger partial charge in [-0.2, -0.15) is 0 Å². The molecule has 0 bridgehead atoms. The predicted octanol–water partition coefficient (Wildman–Crippen LogP) is 3.68. The van der Waals surface area contributed by atoms with E-state index in [2.05, 4.69) is 40.1 Å². The lowest BCUT2D eigenvalue weighted by atomic mass is 10.3. The van der Waals surface area contributed by atoms with E-state index in [1.165, 1.54) is 11.4 Å². The summed E-state index contributed by atoms with van der Waals surface area (Å²) in [4.78, 5) is 2.26. The van der Waals surface area contributed by atoms with E-state index in [4.69, 9.17) is 9.47 Å². The molecule has 4 heteroatoms. The van der Waals surface area contributed by atoms with Crippen molar-refractivity contribution in [2.45, 2.75) is 13.8 Å². The molecule has 0 fully saturated rings. The third-order valence-electron chi connectivity index (χ3n) is 3.82. The van der Waals surface area contributed by atoms with Crippen molar-refractivity contribution < 1.29 is 14.0 Å². The molecule has 120 valence electrons. The van der Waals surface area contributed by atoms with E-state index in [1.807, 2.05) is 38.1 Å². The van der Waals surface area contributed by atoms with E-state index >= 15 is 0 Å². The summed E-state index contributed by atoms with van der Waals surface area (Å²) in [5.41, 5.74) is 2.36. The maximum absolute atomic E-state index is 5.49. The molecule has 0 saturated heterocycles. The molecule has 2 aromatic carbocycles. The van der Waals surface area contributed by atoms with Gasteiger partial charge in [0.1, 0.15) is 36.0 Å². The minimum atomic E-state index is 0.695. The fourth-order valence-corrected chi connectivity index (χ4v) is 2.69. The molecule has 0 aliphatic carbocycles. The molecule has 0 amide bonds. The number of hydrogen-bond donors (Lipinski definition) is 0. The highest BCUT2D eigenvalue weighted by Crippen LogP contribution is 2.23. The fraction of sp³-hybridized carbons (Fsp3) is 0.316. The molecule has 4 nitrogen and oxygen atoms in total. The molecule has 2 aromatic rings. The van der Waals surface area contributed by atoms with Crippen molar-refractivity contribution in [2.75, 3.05) is 31.2 Å². The highest BCUT2D eigenvalue weighted by atomic mass is 16.5. The molecular formula is C19H23N2O2+. The Hall–Kier alpha value is -2.49. The Kier molecular flexibility index (Phi) is 4.81. The molecule has 0 N–H and O–H groups in total. The number of anilines is 1. The van der Waals surface area contributed by atoms with Gasteiger partial charge >= 0.3 is 0 Å². The van der Waals surface area contributed by atoms with Gasteiger partial charge in [-0.25, -0.2) is 9.48 Å². The molecule has 0 spiro atoms. The SMILES string of the molecule is CCOc1ccc(N2C=[N+](c3ccc(OCC)cc3)CC2)cc1. The fourth-order valence-electron chi connectivity index (χ4n) is 2.69. The lowest BCUT2D eigenvalue weighted by Gasteiger charge is -2.07. The van der Waals surface area contributed by atoms with Crippen LogP contribution >= 0.6 is 0 Å². The van der Waals surface area contributed by atoms with Gasteiger partial charge in [-0.1, -0.05) is 0 Å². The van der Waals surface area contributed by atoms with Crippen LogP contribution in [0.5, 0.6) is 11.5 Å². The van der Waals surface area contributed by atoms with E-state index < -0.39 is 0 Å². The molecule has 1 heterocycles. The van der Waals surface area contributed by atoms with Gasteiger partial charge in [0.2, 0.25) is 6.34 Å². The number of hydrogen-bond acceptors (Lipinski definition) is 3. The summed E-state index contributed by atoms with van der Waals surface area (Å²) in [6.07, 6.45) is 2.16. The van der Waals surface area contributed by atoms with Crippen molar-refractivity contribution in [3.63, 3.8) is 0 Å². The van der Waals surface area contributed by atoms with Gasteiger partial charge in [-0.15, -0.1) is 0 Å². The van der Waals surface area contributed by atoms with Gasteiger partial charge in [0.15, 0.2) is 0 Å². The maximum Gasteiger partial charge on any atom is 0.244 e. The smallest absolute Gasteiger partial charge is 0.244 e. The Morgan fingerprint density at radius 2 is 1.43 bits per heavy atom. The molecule has 23 heavy (non-hydrogen) atoms. The minimum Gasteiger partial charge on any atom is -0.494 e. The lowest BCUT2D eigenvalue weighted by molar-refractivity contribution is -0.424. The van der Waals surface area contributed by atoms with Crippen molar-refractivity contribution in [2.24, 2.45) is 0 Å². The number of nitrogens with zero attached hydrogens (tertiary/aromatic N) is 2. The van der Waals surface area contributed by atoms with E-state index in [1.54, 1.807) is 0 Å². The maximum atomic E-state index is 5.49. The zero-order valence-corrected chi connectivity index (χ0v) is 13.7. The van der Waals surface area contributed by atoms with Crippen LogP contribution in [0.4, 0.5) is 11.4 Å². The van der Waals surface area contributed by atoms with Gasteiger partial charge in [0.25, 0.3) is 0 Å². The average molecular weight is 311 g/mol. The monoisotopic (exact) mass is 311 g/mol. The summed E-state index contributed by atoms with van der Waals surface area (Å²) in [5.74, 6) is 1.83. The molecule has 0 unspecified atom stereocenters. The first-order valence-corrected chi connectivity index (χ1v) is 8.14. The van der Waals surface area contributed by atoms with E-state index in [0.717, 1.165) is 24.6 Å². The second-order valence-electron chi connectivity index (χ2n) is 5.36. The Morgan fingerprint density at radius 3 is 2.00 bits per heavy atom. The quantitative estimate of drug-likeness (QED) is 0.761. The van der Waals surface area contributed by atoms with Gasteiger partial charge in [0, 0.05) is 0 Å². The van der Waals surface area contributed by atoms with E-state index in [-0.39, 0.29) is 0 Å². The summed E-state index contributed by atoms with van der Waals surface area (Å²) in [6.45, 7) is 7.33. The molecular weight excluding hydrogens is 288 g/mol. The summed E-state index contributed by atoms with van der Waals surface area (Å²) >= 11 is 0. The van der Waals surface area contributed by atoms with Crippen molar-refractivity contribution in [3.05, 3.63) is 48.5 Å². The van der Waals surface area contributed by atoms with Crippen LogP contribution in [0.15, 0.2) is 48.5 Å². The van der Waals surface area contributed by atoms with Gasteiger partial charge in [0.05, 0.1) is 13.2 Å². The van der Waals surface area contributed by atoms with Crippen molar-refractivity contribution in [1.29, 1.82) is 0 Å². The molecule has 0 atom stereocenters. The molecule has 0 aromatic heterocycles. The summed E-state index contributed by atoms with van der Waals surface area (Å²) in [7, 11) is 0. The van der Waals surface area contributed by atoms with Crippen molar-refractivity contribution >= 4 is 17.7 Å². The number of benzene rings is 2. The van der Waals surface area contributed by atoms with Crippen LogP contribution in [0.3, 0.4) is 0 Å². The molecule has 0 saturated carbocycles. The van der Waals surface area contributed by atoms with Crippen LogP contribution in [-0.2, 0) is 0 Å². The van der Waals surface area contributed by atoms with Crippen LogP contribution in [0, 0.1) is 0 Å². The average Bonchev–Trinajstić information content (AvgIpc) is 3.07. The van der Waals surface area contributed by atoms with Crippen molar-refractivity contribution in [3.8, 4) is 11.5 Å². The minimum absolute atomic E-state index is 0.695. The van der Waals surface area contributed by atoms with Crippen molar-refractivity contribution in [1.82, 2.24) is 0 Å². The largest absolute Gasteiger partial charge is 0.494 e. The second kappa shape index (κ2) is 7.18. The Labute approximate surface area is 137 Å². The Balaban J connectivity index is 1.72.